The predicted molar refractivity (Wildman–Crippen MR) is 38.0 cm³/mol. The van der Waals surface area contributed by atoms with Crippen LogP contribution in [0.2, 0.25) is 0 Å². The van der Waals surface area contributed by atoms with Crippen LogP contribution in [0.25, 0.3) is 0 Å². The smallest absolute Gasteiger partial charge is 0.306 e. The summed E-state index contributed by atoms with van der Waals surface area (Å²) in [6.45, 7) is 0.641. The minimum Gasteiger partial charge on any atom is -0.465 e. The molecule has 46 valence electrons. The number of halogens is 1. The van der Waals surface area contributed by atoms with Crippen molar-refractivity contribution in [2.75, 3.05) is 11.0 Å². The van der Waals surface area contributed by atoms with E-state index >= 15 is 0 Å². The average molecular weight is 226 g/mol. The number of carbonyl (C=O) groups excluding carboxylic acids is 1. The second-order valence-electron chi connectivity index (χ2n) is 1.91. The normalized spacial score (nSPS) is 28.1. The van der Waals surface area contributed by atoms with Crippen LogP contribution in [0, 0.1) is 5.92 Å². The fourth-order valence-electron chi connectivity index (χ4n) is 0.663. The van der Waals surface area contributed by atoms with Crippen molar-refractivity contribution >= 4 is 28.6 Å². The summed E-state index contributed by atoms with van der Waals surface area (Å²) < 4.78 is 5.74. The van der Waals surface area contributed by atoms with E-state index in [0.717, 1.165) is 4.43 Å². The number of ether oxygens (including phenoxy) is 1. The molecule has 0 saturated carbocycles. The molecule has 8 heavy (non-hydrogen) atoms. The third kappa shape index (κ3) is 1.34. The third-order valence-electron chi connectivity index (χ3n) is 1.15. The lowest BCUT2D eigenvalue weighted by Gasteiger charge is -1.94. The van der Waals surface area contributed by atoms with Crippen molar-refractivity contribution in [1.29, 1.82) is 0 Å². The highest BCUT2D eigenvalue weighted by atomic mass is 127. The van der Waals surface area contributed by atoms with E-state index in [-0.39, 0.29) is 5.97 Å². The van der Waals surface area contributed by atoms with Crippen molar-refractivity contribution in [2.24, 2.45) is 5.92 Å². The molecule has 1 saturated heterocycles. The van der Waals surface area contributed by atoms with Crippen LogP contribution in [0.15, 0.2) is 0 Å². The van der Waals surface area contributed by atoms with E-state index in [4.69, 9.17) is 4.74 Å². The van der Waals surface area contributed by atoms with E-state index in [1.807, 2.05) is 0 Å². The number of esters is 1. The quantitative estimate of drug-likeness (QED) is 0.378. The molecule has 1 aliphatic rings. The van der Waals surface area contributed by atoms with Gasteiger partial charge in [0.15, 0.2) is 0 Å². The largest absolute Gasteiger partial charge is 0.465 e. The van der Waals surface area contributed by atoms with E-state index in [1.54, 1.807) is 0 Å². The molecule has 0 amide bonds. The number of carbonyl (C=O) groups is 1. The average Bonchev–Trinajstić information content (AvgIpc) is 2.14. The minimum absolute atomic E-state index is 0.0355. The lowest BCUT2D eigenvalue weighted by molar-refractivity contribution is -0.137. The Hall–Kier alpha value is 0.200. The second kappa shape index (κ2) is 2.66. The van der Waals surface area contributed by atoms with Crippen molar-refractivity contribution in [2.45, 2.75) is 6.42 Å². The van der Waals surface area contributed by atoms with E-state index < -0.39 is 0 Å². The van der Waals surface area contributed by atoms with Crippen molar-refractivity contribution in [3.05, 3.63) is 0 Å². The van der Waals surface area contributed by atoms with Gasteiger partial charge in [0, 0.05) is 10.3 Å². The van der Waals surface area contributed by atoms with Crippen LogP contribution in [-0.2, 0) is 9.53 Å². The van der Waals surface area contributed by atoms with E-state index in [9.17, 15) is 4.79 Å². The molecule has 2 nitrogen and oxygen atoms in total. The van der Waals surface area contributed by atoms with Gasteiger partial charge in [0.25, 0.3) is 0 Å². The van der Waals surface area contributed by atoms with Gasteiger partial charge in [-0.1, -0.05) is 22.6 Å². The molecule has 0 aliphatic carbocycles. The summed E-state index contributed by atoms with van der Waals surface area (Å²) in [4.78, 5) is 10.4. The first kappa shape index (κ1) is 6.32. The molecule has 0 aromatic heterocycles. The lowest BCUT2D eigenvalue weighted by atomic mass is 10.2. The molecule has 1 fully saturated rings. The van der Waals surface area contributed by atoms with Crippen molar-refractivity contribution in [3.63, 3.8) is 0 Å². The summed E-state index contributed by atoms with van der Waals surface area (Å²) in [5, 5.41) is 0. The molecule has 1 rings (SSSR count). The topological polar surface area (TPSA) is 26.3 Å². The Bertz CT molecular complexity index is 103. The Balaban J connectivity index is 2.32. The number of cyclic esters (lactones) is 1. The van der Waals surface area contributed by atoms with Crippen LogP contribution in [0.3, 0.4) is 0 Å². The van der Waals surface area contributed by atoms with Gasteiger partial charge in [-0.15, -0.1) is 0 Å². The maximum absolute atomic E-state index is 10.4. The Morgan fingerprint density at radius 1 is 1.88 bits per heavy atom. The maximum Gasteiger partial charge on any atom is 0.306 e. The summed E-state index contributed by atoms with van der Waals surface area (Å²) in [7, 11) is 0. The lowest BCUT2D eigenvalue weighted by Crippen LogP contribution is -1.98. The van der Waals surface area contributed by atoms with Gasteiger partial charge in [-0.2, -0.15) is 0 Å². The van der Waals surface area contributed by atoms with Gasteiger partial charge in [0.05, 0.1) is 13.0 Å². The zero-order chi connectivity index (χ0) is 5.98. The molecule has 1 atom stereocenters. The molecule has 0 N–H and O–H groups in total. The van der Waals surface area contributed by atoms with Crippen molar-refractivity contribution in [1.82, 2.24) is 0 Å². The highest BCUT2D eigenvalue weighted by Gasteiger charge is 2.21. The van der Waals surface area contributed by atoms with Crippen LogP contribution >= 0.6 is 22.6 Å². The monoisotopic (exact) mass is 226 g/mol. The molecular formula is C5H7IO2. The maximum atomic E-state index is 10.4. The van der Waals surface area contributed by atoms with Crippen molar-refractivity contribution in [3.8, 4) is 0 Å². The highest BCUT2D eigenvalue weighted by molar-refractivity contribution is 14.1. The van der Waals surface area contributed by atoms with E-state index in [2.05, 4.69) is 22.6 Å². The van der Waals surface area contributed by atoms with Crippen LogP contribution in [0.4, 0.5) is 0 Å². The first-order valence-corrected chi connectivity index (χ1v) is 4.07. The Morgan fingerprint density at radius 3 is 2.88 bits per heavy atom. The fourth-order valence-corrected chi connectivity index (χ4v) is 1.23. The zero-order valence-electron chi connectivity index (χ0n) is 4.39. The van der Waals surface area contributed by atoms with Crippen LogP contribution in [0.5, 0.6) is 0 Å². The Labute approximate surface area is 61.7 Å². The summed E-state index contributed by atoms with van der Waals surface area (Å²) in [6.07, 6.45) is 0.628. The molecule has 1 heterocycles. The summed E-state index contributed by atoms with van der Waals surface area (Å²) in [5.41, 5.74) is 0. The zero-order valence-corrected chi connectivity index (χ0v) is 6.55. The molecule has 0 spiro atoms. The molecule has 0 unspecified atom stereocenters. The minimum atomic E-state index is -0.0355. The van der Waals surface area contributed by atoms with Crippen LogP contribution < -0.4 is 0 Å². The first-order chi connectivity index (χ1) is 3.83. The fraction of sp³-hybridized carbons (Fsp3) is 0.800. The van der Waals surface area contributed by atoms with Crippen LogP contribution in [0.1, 0.15) is 6.42 Å². The summed E-state index contributed by atoms with van der Waals surface area (Å²) in [6, 6.07) is 0. The standard InChI is InChI=1S/C5H7IO2/c6-2-4-1-5(7)8-3-4/h4H,1-3H2/t4-/m1/s1. The van der Waals surface area contributed by atoms with Gasteiger partial charge in [-0.3, -0.25) is 4.79 Å². The third-order valence-corrected chi connectivity index (χ3v) is 2.40. The molecule has 3 heteroatoms. The number of alkyl halides is 1. The predicted octanol–water partition coefficient (Wildman–Crippen LogP) is 0.985. The van der Waals surface area contributed by atoms with Gasteiger partial charge in [-0.05, 0) is 0 Å². The van der Waals surface area contributed by atoms with Gasteiger partial charge in [0.1, 0.15) is 0 Å². The number of hydrogen-bond donors (Lipinski definition) is 0. The molecule has 0 bridgehead atoms. The molecule has 0 aromatic carbocycles. The SMILES string of the molecule is O=C1C[C@H](CI)CO1. The highest BCUT2D eigenvalue weighted by Crippen LogP contribution is 2.15. The molecular weight excluding hydrogens is 219 g/mol. The van der Waals surface area contributed by atoms with Gasteiger partial charge < -0.3 is 4.74 Å². The number of rotatable bonds is 1. The van der Waals surface area contributed by atoms with E-state index in [1.165, 1.54) is 0 Å². The molecule has 0 aromatic rings. The Morgan fingerprint density at radius 2 is 2.62 bits per heavy atom. The molecule has 0 radical (unpaired) electrons. The van der Waals surface area contributed by atoms with Gasteiger partial charge >= 0.3 is 5.97 Å². The van der Waals surface area contributed by atoms with E-state index in [0.29, 0.717) is 18.9 Å². The van der Waals surface area contributed by atoms with Gasteiger partial charge in [0.2, 0.25) is 0 Å². The second-order valence-corrected chi connectivity index (χ2v) is 2.79. The van der Waals surface area contributed by atoms with Gasteiger partial charge in [-0.25, -0.2) is 0 Å². The first-order valence-electron chi connectivity index (χ1n) is 2.54. The van der Waals surface area contributed by atoms with Crippen molar-refractivity contribution < 1.29 is 9.53 Å². The Kier molecular flexibility index (Phi) is 2.10. The summed E-state index contributed by atoms with van der Waals surface area (Å²) >= 11 is 2.27. The molecule has 1 aliphatic heterocycles. The number of hydrogen-bond acceptors (Lipinski definition) is 2. The van der Waals surface area contributed by atoms with Crippen LogP contribution in [-0.4, -0.2) is 17.0 Å². The summed E-state index contributed by atoms with van der Waals surface area (Å²) in [5.74, 6) is 0.453.